The zero-order chi connectivity index (χ0) is 17.4. The van der Waals surface area contributed by atoms with E-state index in [2.05, 4.69) is 10.3 Å². The van der Waals surface area contributed by atoms with Gasteiger partial charge in [0.1, 0.15) is 12.3 Å². The number of methoxy groups -OCH3 is 1. The van der Waals surface area contributed by atoms with Crippen molar-refractivity contribution in [1.82, 2.24) is 15.1 Å². The van der Waals surface area contributed by atoms with E-state index in [-0.39, 0.29) is 12.5 Å². The van der Waals surface area contributed by atoms with Gasteiger partial charge in [0.2, 0.25) is 5.91 Å². The lowest BCUT2D eigenvalue weighted by Crippen LogP contribution is -2.39. The number of carbonyl (C=O) groups excluding carboxylic acids is 1. The van der Waals surface area contributed by atoms with Crippen molar-refractivity contribution in [2.75, 3.05) is 40.3 Å². The lowest BCUT2D eigenvalue weighted by Gasteiger charge is -2.23. The minimum atomic E-state index is 0.105. The van der Waals surface area contributed by atoms with Gasteiger partial charge in [0.15, 0.2) is 5.96 Å². The highest BCUT2D eigenvalue weighted by Gasteiger charge is 2.18. The predicted molar refractivity (Wildman–Crippen MR) is 96.3 cm³/mol. The van der Waals surface area contributed by atoms with Crippen molar-refractivity contribution in [3.8, 4) is 5.75 Å². The van der Waals surface area contributed by atoms with Gasteiger partial charge in [0.25, 0.3) is 0 Å². The molecule has 1 saturated heterocycles. The predicted octanol–water partition coefficient (Wildman–Crippen LogP) is 1.71. The van der Waals surface area contributed by atoms with Gasteiger partial charge in [-0.25, -0.2) is 4.99 Å². The van der Waals surface area contributed by atoms with Crippen LogP contribution in [0.4, 0.5) is 0 Å². The van der Waals surface area contributed by atoms with Crippen LogP contribution in [0.3, 0.4) is 0 Å². The molecule has 1 fully saturated rings. The number of hydrogen-bond acceptors (Lipinski definition) is 3. The third kappa shape index (κ3) is 4.88. The first-order chi connectivity index (χ1) is 11.7. The number of likely N-dealkylation sites (tertiary alicyclic amines) is 1. The molecule has 0 unspecified atom stereocenters. The van der Waals surface area contributed by atoms with E-state index < -0.39 is 0 Å². The Bertz CT molecular complexity index is 568. The summed E-state index contributed by atoms with van der Waals surface area (Å²) in [6, 6.07) is 7.93. The lowest BCUT2D eigenvalue weighted by atomic mass is 10.2. The monoisotopic (exact) mass is 332 g/mol. The van der Waals surface area contributed by atoms with Crippen LogP contribution in [0.1, 0.15) is 25.3 Å². The lowest BCUT2D eigenvalue weighted by molar-refractivity contribution is -0.128. The van der Waals surface area contributed by atoms with Crippen LogP contribution in [0.15, 0.2) is 29.3 Å². The first-order valence-electron chi connectivity index (χ1n) is 8.54. The average Bonchev–Trinajstić information content (AvgIpc) is 3.13. The van der Waals surface area contributed by atoms with Crippen LogP contribution in [0.25, 0.3) is 0 Å². The molecule has 0 aromatic heterocycles. The molecule has 1 heterocycles. The molecule has 6 heteroatoms. The van der Waals surface area contributed by atoms with Gasteiger partial charge in [0, 0.05) is 38.8 Å². The number of amides is 1. The molecule has 6 nitrogen and oxygen atoms in total. The summed E-state index contributed by atoms with van der Waals surface area (Å²) in [7, 11) is 3.64. The van der Waals surface area contributed by atoms with Gasteiger partial charge in [-0.3, -0.25) is 4.79 Å². The SMILES string of the molecule is CCNC(=NCC(=O)N1CCCC1)N(C)Cc1ccccc1OC. The number of hydrogen-bond donors (Lipinski definition) is 1. The Kier molecular flexibility index (Phi) is 6.90. The van der Waals surface area contributed by atoms with Crippen LogP contribution < -0.4 is 10.1 Å². The first-order valence-corrected chi connectivity index (χ1v) is 8.54. The Labute approximate surface area is 144 Å². The van der Waals surface area contributed by atoms with E-state index in [1.807, 2.05) is 48.0 Å². The molecular weight excluding hydrogens is 304 g/mol. The highest BCUT2D eigenvalue weighted by molar-refractivity contribution is 5.85. The van der Waals surface area contributed by atoms with Gasteiger partial charge in [-0.1, -0.05) is 18.2 Å². The maximum Gasteiger partial charge on any atom is 0.244 e. The van der Waals surface area contributed by atoms with E-state index in [0.717, 1.165) is 49.7 Å². The number of benzene rings is 1. The van der Waals surface area contributed by atoms with Crippen molar-refractivity contribution in [2.45, 2.75) is 26.3 Å². The fraction of sp³-hybridized carbons (Fsp3) is 0.556. The van der Waals surface area contributed by atoms with Crippen molar-refractivity contribution in [1.29, 1.82) is 0 Å². The molecule has 0 atom stereocenters. The largest absolute Gasteiger partial charge is 0.496 e. The smallest absolute Gasteiger partial charge is 0.244 e. The van der Waals surface area contributed by atoms with Crippen LogP contribution in [-0.2, 0) is 11.3 Å². The Morgan fingerprint density at radius 1 is 1.33 bits per heavy atom. The highest BCUT2D eigenvalue weighted by Crippen LogP contribution is 2.18. The molecule has 132 valence electrons. The zero-order valence-electron chi connectivity index (χ0n) is 14.9. The molecule has 1 aliphatic rings. The summed E-state index contributed by atoms with van der Waals surface area (Å²) < 4.78 is 5.40. The summed E-state index contributed by atoms with van der Waals surface area (Å²) in [6.07, 6.45) is 2.20. The molecule has 0 radical (unpaired) electrons. The van der Waals surface area contributed by atoms with E-state index >= 15 is 0 Å². The number of ether oxygens (including phenoxy) is 1. The van der Waals surface area contributed by atoms with Gasteiger partial charge in [-0.2, -0.15) is 0 Å². The number of rotatable bonds is 6. The Morgan fingerprint density at radius 2 is 2.04 bits per heavy atom. The summed E-state index contributed by atoms with van der Waals surface area (Å²) >= 11 is 0. The average molecular weight is 332 g/mol. The molecule has 0 bridgehead atoms. The summed E-state index contributed by atoms with van der Waals surface area (Å²) in [5.74, 6) is 1.69. The van der Waals surface area contributed by atoms with Crippen LogP contribution in [0.5, 0.6) is 5.75 Å². The normalized spacial score (nSPS) is 14.6. The van der Waals surface area contributed by atoms with Crippen molar-refractivity contribution in [3.05, 3.63) is 29.8 Å². The number of nitrogens with zero attached hydrogens (tertiary/aromatic N) is 3. The molecule has 1 aromatic carbocycles. The Morgan fingerprint density at radius 3 is 2.71 bits per heavy atom. The Hall–Kier alpha value is -2.24. The molecule has 0 saturated carbocycles. The van der Waals surface area contributed by atoms with Crippen LogP contribution in [-0.4, -0.2) is 62.0 Å². The van der Waals surface area contributed by atoms with E-state index in [0.29, 0.717) is 6.54 Å². The third-order valence-electron chi connectivity index (χ3n) is 4.12. The first kappa shape index (κ1) is 18.1. The van der Waals surface area contributed by atoms with Gasteiger partial charge >= 0.3 is 0 Å². The van der Waals surface area contributed by atoms with Crippen molar-refractivity contribution >= 4 is 11.9 Å². The zero-order valence-corrected chi connectivity index (χ0v) is 14.9. The maximum atomic E-state index is 12.2. The second kappa shape index (κ2) is 9.15. The molecule has 0 spiro atoms. The van der Waals surface area contributed by atoms with E-state index in [9.17, 15) is 4.79 Å². The Balaban J connectivity index is 2.02. The van der Waals surface area contributed by atoms with Crippen molar-refractivity contribution in [3.63, 3.8) is 0 Å². The van der Waals surface area contributed by atoms with Gasteiger partial charge < -0.3 is 19.9 Å². The van der Waals surface area contributed by atoms with Gasteiger partial charge in [-0.15, -0.1) is 0 Å². The molecule has 2 rings (SSSR count). The minimum absolute atomic E-state index is 0.105. The summed E-state index contributed by atoms with van der Waals surface area (Å²) in [5, 5.41) is 3.25. The van der Waals surface area contributed by atoms with Crippen molar-refractivity contribution in [2.24, 2.45) is 4.99 Å². The molecule has 1 N–H and O–H groups in total. The van der Waals surface area contributed by atoms with Crippen LogP contribution >= 0.6 is 0 Å². The van der Waals surface area contributed by atoms with Crippen LogP contribution in [0.2, 0.25) is 0 Å². The van der Waals surface area contributed by atoms with E-state index in [1.54, 1.807) is 7.11 Å². The summed E-state index contributed by atoms with van der Waals surface area (Å²) in [4.78, 5) is 20.6. The third-order valence-corrected chi connectivity index (χ3v) is 4.12. The van der Waals surface area contributed by atoms with Crippen molar-refractivity contribution < 1.29 is 9.53 Å². The second-order valence-electron chi connectivity index (χ2n) is 5.93. The number of nitrogens with one attached hydrogen (secondary N) is 1. The topological polar surface area (TPSA) is 57.2 Å². The molecule has 1 amide bonds. The molecule has 0 aliphatic carbocycles. The molecule has 1 aromatic rings. The fourth-order valence-electron chi connectivity index (χ4n) is 2.84. The van der Waals surface area contributed by atoms with E-state index in [4.69, 9.17) is 4.74 Å². The van der Waals surface area contributed by atoms with Gasteiger partial charge in [-0.05, 0) is 25.8 Å². The number of guanidine groups is 1. The van der Waals surface area contributed by atoms with Gasteiger partial charge in [0.05, 0.1) is 7.11 Å². The number of carbonyl (C=O) groups is 1. The molecule has 24 heavy (non-hydrogen) atoms. The highest BCUT2D eigenvalue weighted by atomic mass is 16.5. The maximum absolute atomic E-state index is 12.2. The molecular formula is C18H28N4O2. The number of para-hydroxylation sites is 1. The summed E-state index contributed by atoms with van der Waals surface area (Å²) in [6.45, 7) is 5.36. The number of aliphatic imine (C=N–C) groups is 1. The minimum Gasteiger partial charge on any atom is -0.496 e. The molecule has 1 aliphatic heterocycles. The fourth-order valence-corrected chi connectivity index (χ4v) is 2.84. The second-order valence-corrected chi connectivity index (χ2v) is 5.93. The summed E-state index contributed by atoms with van der Waals surface area (Å²) in [5.41, 5.74) is 1.08. The van der Waals surface area contributed by atoms with E-state index in [1.165, 1.54) is 0 Å². The quantitative estimate of drug-likeness (QED) is 0.636. The van der Waals surface area contributed by atoms with Crippen LogP contribution in [0, 0.1) is 0 Å². The standard InChI is InChI=1S/C18H28N4O2/c1-4-19-18(20-13-17(23)22-11-7-8-12-22)21(2)14-15-9-5-6-10-16(15)24-3/h5-6,9-10H,4,7-8,11-14H2,1-3H3,(H,19,20).